The zero-order valence-electron chi connectivity index (χ0n) is 15.7. The number of anilines is 1. The third kappa shape index (κ3) is 4.11. The lowest BCUT2D eigenvalue weighted by Crippen LogP contribution is -2.14. The Morgan fingerprint density at radius 2 is 2.00 bits per heavy atom. The van der Waals surface area contributed by atoms with E-state index in [2.05, 4.69) is 69.3 Å². The zero-order valence-corrected chi connectivity index (χ0v) is 16.5. The van der Waals surface area contributed by atoms with Gasteiger partial charge in [-0.2, -0.15) is 0 Å². The molecule has 0 amide bonds. The van der Waals surface area contributed by atoms with Gasteiger partial charge in [-0.15, -0.1) is 0 Å². The van der Waals surface area contributed by atoms with Crippen LogP contribution in [0.25, 0.3) is 22.2 Å². The van der Waals surface area contributed by atoms with Gasteiger partial charge in [0.15, 0.2) is 0 Å². The number of nitrogens with zero attached hydrogens (tertiary/aromatic N) is 4. The van der Waals surface area contributed by atoms with E-state index in [9.17, 15) is 4.21 Å². The van der Waals surface area contributed by atoms with Crippen molar-refractivity contribution >= 4 is 27.5 Å². The average Bonchev–Trinajstić information content (AvgIpc) is 3.03. The van der Waals surface area contributed by atoms with E-state index in [4.69, 9.17) is 0 Å². The summed E-state index contributed by atoms with van der Waals surface area (Å²) in [6, 6.07) is 10.3. The SMILES string of the molecule is CNc1cc(-c2ccc3c(ccn3CCCN(C)C)c2)nc(S(C)=O)n1. The van der Waals surface area contributed by atoms with Crippen LogP contribution in [0.3, 0.4) is 0 Å². The smallest absolute Gasteiger partial charge is 0.220 e. The number of nitrogens with one attached hydrogen (secondary N) is 1. The Kier molecular flexibility index (Phi) is 5.68. The molecule has 0 aliphatic rings. The number of fused-ring (bicyclic) bond motifs is 1. The molecule has 138 valence electrons. The molecule has 2 aromatic heterocycles. The van der Waals surface area contributed by atoms with Gasteiger partial charge in [0.25, 0.3) is 0 Å². The van der Waals surface area contributed by atoms with Crippen molar-refractivity contribution in [2.24, 2.45) is 0 Å². The molecule has 3 aromatic rings. The number of rotatable bonds is 7. The van der Waals surface area contributed by atoms with E-state index in [1.165, 1.54) is 10.9 Å². The summed E-state index contributed by atoms with van der Waals surface area (Å²) in [5.41, 5.74) is 2.99. The Morgan fingerprint density at radius 3 is 2.69 bits per heavy atom. The highest BCUT2D eigenvalue weighted by Crippen LogP contribution is 2.26. The Bertz CT molecular complexity index is 935. The van der Waals surface area contributed by atoms with Crippen LogP contribution < -0.4 is 5.32 Å². The van der Waals surface area contributed by atoms with E-state index in [1.807, 2.05) is 6.07 Å². The summed E-state index contributed by atoms with van der Waals surface area (Å²) in [5, 5.41) is 4.53. The van der Waals surface area contributed by atoms with Crippen LogP contribution in [0, 0.1) is 0 Å². The van der Waals surface area contributed by atoms with Crippen LogP contribution in [0.4, 0.5) is 5.82 Å². The largest absolute Gasteiger partial charge is 0.373 e. The van der Waals surface area contributed by atoms with Crippen molar-refractivity contribution < 1.29 is 4.21 Å². The van der Waals surface area contributed by atoms with E-state index in [-0.39, 0.29) is 0 Å². The molecule has 1 aromatic carbocycles. The average molecular weight is 372 g/mol. The van der Waals surface area contributed by atoms with Gasteiger partial charge in [-0.1, -0.05) is 6.07 Å². The fourth-order valence-corrected chi connectivity index (χ4v) is 3.40. The lowest BCUT2D eigenvalue weighted by Gasteiger charge is -2.11. The highest BCUT2D eigenvalue weighted by Gasteiger charge is 2.10. The van der Waals surface area contributed by atoms with Crippen molar-refractivity contribution in [3.63, 3.8) is 0 Å². The lowest BCUT2D eigenvalue weighted by atomic mass is 10.1. The van der Waals surface area contributed by atoms with Crippen molar-refractivity contribution in [2.45, 2.75) is 18.1 Å². The summed E-state index contributed by atoms with van der Waals surface area (Å²) in [7, 11) is 4.76. The molecular formula is C19H25N5OS. The molecule has 7 heteroatoms. The first-order chi connectivity index (χ1) is 12.5. The molecule has 0 fully saturated rings. The van der Waals surface area contributed by atoms with Gasteiger partial charge in [-0.05, 0) is 45.3 Å². The summed E-state index contributed by atoms with van der Waals surface area (Å²) in [5.74, 6) is 0.668. The van der Waals surface area contributed by atoms with Crippen molar-refractivity contribution in [3.05, 3.63) is 36.5 Å². The minimum Gasteiger partial charge on any atom is -0.373 e. The highest BCUT2D eigenvalue weighted by atomic mass is 32.2. The monoisotopic (exact) mass is 371 g/mol. The molecular weight excluding hydrogens is 346 g/mol. The van der Waals surface area contributed by atoms with Gasteiger partial charge < -0.3 is 14.8 Å². The predicted molar refractivity (Wildman–Crippen MR) is 108 cm³/mol. The second-order valence-electron chi connectivity index (χ2n) is 6.56. The van der Waals surface area contributed by atoms with Gasteiger partial charge in [0, 0.05) is 48.6 Å². The second-order valence-corrected chi connectivity index (χ2v) is 7.84. The molecule has 0 bridgehead atoms. The first kappa shape index (κ1) is 18.5. The number of hydrogen-bond acceptors (Lipinski definition) is 5. The second kappa shape index (κ2) is 7.97. The molecule has 0 radical (unpaired) electrons. The topological polar surface area (TPSA) is 63.1 Å². The van der Waals surface area contributed by atoms with Gasteiger partial charge in [0.05, 0.1) is 16.5 Å². The fourth-order valence-electron chi connectivity index (χ4n) is 2.94. The maximum absolute atomic E-state index is 11.8. The Balaban J connectivity index is 1.92. The maximum atomic E-state index is 11.8. The highest BCUT2D eigenvalue weighted by molar-refractivity contribution is 7.84. The summed E-state index contributed by atoms with van der Waals surface area (Å²) in [4.78, 5) is 10.9. The lowest BCUT2D eigenvalue weighted by molar-refractivity contribution is 0.388. The number of hydrogen-bond donors (Lipinski definition) is 1. The number of benzene rings is 1. The van der Waals surface area contributed by atoms with E-state index in [0.29, 0.717) is 11.0 Å². The van der Waals surface area contributed by atoms with Gasteiger partial charge in [-0.25, -0.2) is 9.97 Å². The number of aryl methyl sites for hydroxylation is 1. The van der Waals surface area contributed by atoms with E-state index >= 15 is 0 Å². The van der Waals surface area contributed by atoms with Crippen LogP contribution in [0.5, 0.6) is 0 Å². The summed E-state index contributed by atoms with van der Waals surface area (Å²) >= 11 is 0. The Morgan fingerprint density at radius 1 is 1.19 bits per heavy atom. The Labute approximate surface area is 156 Å². The Hall–Kier alpha value is -2.25. The third-order valence-corrected chi connectivity index (χ3v) is 4.99. The summed E-state index contributed by atoms with van der Waals surface area (Å²) < 4.78 is 14.1. The molecule has 26 heavy (non-hydrogen) atoms. The minimum absolute atomic E-state index is 0.341. The molecule has 1 atom stereocenters. The molecule has 3 rings (SSSR count). The van der Waals surface area contributed by atoms with Crippen LogP contribution in [-0.2, 0) is 17.3 Å². The molecule has 0 saturated carbocycles. The maximum Gasteiger partial charge on any atom is 0.220 e. The third-order valence-electron chi connectivity index (χ3n) is 4.29. The number of aromatic nitrogens is 3. The van der Waals surface area contributed by atoms with Crippen LogP contribution >= 0.6 is 0 Å². The first-order valence-electron chi connectivity index (χ1n) is 8.62. The van der Waals surface area contributed by atoms with Crippen molar-refractivity contribution in [1.29, 1.82) is 0 Å². The van der Waals surface area contributed by atoms with Gasteiger partial charge >= 0.3 is 0 Å². The minimum atomic E-state index is -1.23. The standard InChI is InChI=1S/C19H25N5OS/c1-20-18-13-16(21-19(22-18)26(4)25)14-6-7-17-15(12-14)8-11-24(17)10-5-9-23(2)3/h6-8,11-13H,5,9-10H2,1-4H3,(H,20,21,22). The van der Waals surface area contributed by atoms with Gasteiger partial charge in [0.2, 0.25) is 5.16 Å². The first-order valence-corrected chi connectivity index (χ1v) is 10.2. The van der Waals surface area contributed by atoms with Crippen LogP contribution in [0.2, 0.25) is 0 Å². The molecule has 2 heterocycles. The molecule has 1 N–H and O–H groups in total. The van der Waals surface area contributed by atoms with Crippen molar-refractivity contribution in [3.8, 4) is 11.3 Å². The van der Waals surface area contributed by atoms with Gasteiger partial charge in [0.1, 0.15) is 5.82 Å². The van der Waals surface area contributed by atoms with Crippen molar-refractivity contribution in [1.82, 2.24) is 19.4 Å². The molecule has 0 aliphatic carbocycles. The molecule has 0 spiro atoms. The van der Waals surface area contributed by atoms with Crippen LogP contribution in [-0.4, -0.2) is 57.6 Å². The van der Waals surface area contributed by atoms with Crippen LogP contribution in [0.1, 0.15) is 6.42 Å². The summed E-state index contributed by atoms with van der Waals surface area (Å²) in [6.07, 6.45) is 4.84. The molecule has 0 aliphatic heterocycles. The normalized spacial score (nSPS) is 12.7. The van der Waals surface area contributed by atoms with E-state index in [1.54, 1.807) is 13.3 Å². The quantitative estimate of drug-likeness (QED) is 0.647. The predicted octanol–water partition coefficient (Wildman–Crippen LogP) is 2.83. The fraction of sp³-hybridized carbons (Fsp3) is 0.368. The van der Waals surface area contributed by atoms with E-state index < -0.39 is 10.8 Å². The van der Waals surface area contributed by atoms with Gasteiger partial charge in [-0.3, -0.25) is 4.21 Å². The zero-order chi connectivity index (χ0) is 18.7. The van der Waals surface area contributed by atoms with Crippen LogP contribution in [0.15, 0.2) is 41.7 Å². The molecule has 6 nitrogen and oxygen atoms in total. The molecule has 1 unspecified atom stereocenters. The van der Waals surface area contributed by atoms with E-state index in [0.717, 1.165) is 30.8 Å². The van der Waals surface area contributed by atoms with Crippen molar-refractivity contribution in [2.75, 3.05) is 39.3 Å². The molecule has 0 saturated heterocycles. The summed E-state index contributed by atoms with van der Waals surface area (Å²) in [6.45, 7) is 2.07.